The molecule has 0 aliphatic carbocycles. The normalized spacial score (nSPS) is 9.00. The Morgan fingerprint density at radius 3 is 2.92 bits per heavy atom. The van der Waals surface area contributed by atoms with Crippen LogP contribution in [0.2, 0.25) is 0 Å². The van der Waals surface area contributed by atoms with Gasteiger partial charge in [0.15, 0.2) is 6.20 Å². The molecule has 6 heteroatoms. The summed E-state index contributed by atoms with van der Waals surface area (Å²) in [6.45, 7) is 0. The van der Waals surface area contributed by atoms with Crippen molar-refractivity contribution in [2.75, 3.05) is 0 Å². The minimum absolute atomic E-state index is 0.153. The lowest BCUT2D eigenvalue weighted by atomic mass is 10.3. The van der Waals surface area contributed by atoms with E-state index < -0.39 is 4.92 Å². The number of pyridine rings is 1. The van der Waals surface area contributed by atoms with E-state index in [0.29, 0.717) is 4.90 Å². The third-order valence-electron chi connectivity index (χ3n) is 1.18. The van der Waals surface area contributed by atoms with Crippen molar-refractivity contribution in [2.45, 2.75) is 4.90 Å². The third-order valence-corrected chi connectivity index (χ3v) is 1.53. The van der Waals surface area contributed by atoms with Gasteiger partial charge in [-0.1, -0.05) is 0 Å². The first kappa shape index (κ1) is 8.49. The maximum atomic E-state index is 10.2. The molecule has 0 fully saturated rings. The largest absolute Gasteiger partial charge is 0.364 e. The standard InChI is InChI=1S/C6H3N3O2S/c7-2-4-1-6(9(10)11)8-3-5(4)12/h1,3,12H. The van der Waals surface area contributed by atoms with Gasteiger partial charge in [-0.2, -0.15) is 5.26 Å². The van der Waals surface area contributed by atoms with Crippen LogP contribution in [0.3, 0.4) is 0 Å². The lowest BCUT2D eigenvalue weighted by molar-refractivity contribution is -0.389. The molecule has 0 N–H and O–H groups in total. The van der Waals surface area contributed by atoms with Crippen LogP contribution >= 0.6 is 12.6 Å². The second-order valence-electron chi connectivity index (χ2n) is 1.93. The highest BCUT2D eigenvalue weighted by atomic mass is 32.1. The molecular weight excluding hydrogens is 178 g/mol. The van der Waals surface area contributed by atoms with Crippen LogP contribution in [0.25, 0.3) is 0 Å². The zero-order valence-electron chi connectivity index (χ0n) is 5.76. The van der Waals surface area contributed by atoms with E-state index in [1.807, 2.05) is 0 Å². The van der Waals surface area contributed by atoms with Gasteiger partial charge in [-0.15, -0.1) is 12.6 Å². The molecule has 0 aliphatic heterocycles. The number of hydrogen-bond acceptors (Lipinski definition) is 5. The fourth-order valence-electron chi connectivity index (χ4n) is 0.627. The summed E-state index contributed by atoms with van der Waals surface area (Å²) in [4.78, 5) is 13.3. The van der Waals surface area contributed by atoms with Crippen molar-refractivity contribution < 1.29 is 4.92 Å². The summed E-state index contributed by atoms with van der Waals surface area (Å²) in [6.07, 6.45) is 1.18. The highest BCUT2D eigenvalue weighted by molar-refractivity contribution is 7.80. The van der Waals surface area contributed by atoms with Crippen LogP contribution in [-0.2, 0) is 0 Å². The molecule has 5 nitrogen and oxygen atoms in total. The average molecular weight is 181 g/mol. The predicted octanol–water partition coefficient (Wildman–Crippen LogP) is 1.15. The molecule has 0 aliphatic rings. The minimum Gasteiger partial charge on any atom is -0.358 e. The Kier molecular flexibility index (Phi) is 2.26. The van der Waals surface area contributed by atoms with Crippen molar-refractivity contribution in [3.8, 4) is 6.07 Å². The number of rotatable bonds is 1. The smallest absolute Gasteiger partial charge is 0.358 e. The van der Waals surface area contributed by atoms with Gasteiger partial charge in [0.25, 0.3) is 0 Å². The number of nitro groups is 1. The number of aromatic nitrogens is 1. The van der Waals surface area contributed by atoms with E-state index >= 15 is 0 Å². The number of nitriles is 1. The van der Waals surface area contributed by atoms with Gasteiger partial charge in [-0.25, -0.2) is 0 Å². The molecule has 0 radical (unpaired) electrons. The van der Waals surface area contributed by atoms with Crippen molar-refractivity contribution in [2.24, 2.45) is 0 Å². The zero-order valence-corrected chi connectivity index (χ0v) is 6.65. The molecular formula is C6H3N3O2S. The molecule has 12 heavy (non-hydrogen) atoms. The van der Waals surface area contributed by atoms with E-state index in [9.17, 15) is 10.1 Å². The predicted molar refractivity (Wildman–Crippen MR) is 42.9 cm³/mol. The van der Waals surface area contributed by atoms with Gasteiger partial charge >= 0.3 is 5.82 Å². The van der Waals surface area contributed by atoms with Crippen molar-refractivity contribution in [1.29, 1.82) is 5.26 Å². The molecule has 60 valence electrons. The topological polar surface area (TPSA) is 79.8 Å². The quantitative estimate of drug-likeness (QED) is 0.400. The Balaban J connectivity index is 3.25. The number of hydrogen-bond donors (Lipinski definition) is 1. The van der Waals surface area contributed by atoms with Crippen LogP contribution in [0, 0.1) is 21.4 Å². The van der Waals surface area contributed by atoms with E-state index in [1.54, 1.807) is 6.07 Å². The summed E-state index contributed by atoms with van der Waals surface area (Å²) in [5.74, 6) is -0.343. The molecule has 1 aromatic heterocycles. The maximum Gasteiger partial charge on any atom is 0.364 e. The summed E-state index contributed by atoms with van der Waals surface area (Å²) < 4.78 is 0. The number of nitrogens with zero attached hydrogens (tertiary/aromatic N) is 3. The first-order valence-electron chi connectivity index (χ1n) is 2.88. The Labute approximate surface area is 73.2 Å². The summed E-state index contributed by atoms with van der Waals surface area (Å²) >= 11 is 3.89. The van der Waals surface area contributed by atoms with E-state index in [-0.39, 0.29) is 11.4 Å². The first-order chi connectivity index (χ1) is 5.65. The van der Waals surface area contributed by atoms with Crippen LogP contribution in [0.5, 0.6) is 0 Å². The van der Waals surface area contributed by atoms with Crippen LogP contribution < -0.4 is 0 Å². The molecule has 0 bridgehead atoms. The van der Waals surface area contributed by atoms with Gasteiger partial charge in [0.05, 0.1) is 16.5 Å². The summed E-state index contributed by atoms with van der Waals surface area (Å²) in [7, 11) is 0. The molecule has 0 aromatic carbocycles. The number of thiol groups is 1. The van der Waals surface area contributed by atoms with E-state index in [2.05, 4.69) is 17.6 Å². The lowest BCUT2D eigenvalue weighted by Gasteiger charge is -1.93. The van der Waals surface area contributed by atoms with Gasteiger partial charge in [0.1, 0.15) is 6.07 Å². The second-order valence-corrected chi connectivity index (χ2v) is 2.41. The van der Waals surface area contributed by atoms with Crippen LogP contribution in [0.4, 0.5) is 5.82 Å². The summed E-state index contributed by atoms with van der Waals surface area (Å²) in [5.41, 5.74) is 0.153. The third kappa shape index (κ3) is 1.52. The van der Waals surface area contributed by atoms with E-state index in [0.717, 1.165) is 6.07 Å². The Morgan fingerprint density at radius 2 is 2.42 bits per heavy atom. The van der Waals surface area contributed by atoms with Crippen LogP contribution in [0.15, 0.2) is 17.2 Å². The molecule has 0 unspecified atom stereocenters. The van der Waals surface area contributed by atoms with Crippen molar-refractivity contribution in [1.82, 2.24) is 4.98 Å². The molecule has 1 rings (SSSR count). The van der Waals surface area contributed by atoms with Crippen molar-refractivity contribution in [3.63, 3.8) is 0 Å². The van der Waals surface area contributed by atoms with Gasteiger partial charge in [0, 0.05) is 0 Å². The molecule has 1 heterocycles. The van der Waals surface area contributed by atoms with Crippen LogP contribution in [-0.4, -0.2) is 9.91 Å². The fraction of sp³-hybridized carbons (Fsp3) is 0. The fourth-order valence-corrected chi connectivity index (χ4v) is 0.799. The lowest BCUT2D eigenvalue weighted by Crippen LogP contribution is -1.92. The highest BCUT2D eigenvalue weighted by Crippen LogP contribution is 2.16. The Hall–Kier alpha value is -1.61. The molecule has 1 aromatic rings. The van der Waals surface area contributed by atoms with Crippen molar-refractivity contribution in [3.05, 3.63) is 27.9 Å². The molecule has 0 atom stereocenters. The molecule has 0 amide bonds. The zero-order chi connectivity index (χ0) is 9.14. The van der Waals surface area contributed by atoms with Gasteiger partial charge in [0.2, 0.25) is 0 Å². The summed E-state index contributed by atoms with van der Waals surface area (Å²) in [6, 6.07) is 2.86. The minimum atomic E-state index is -0.659. The SMILES string of the molecule is N#Cc1cc([N+](=O)[O-])ncc1S. The second kappa shape index (κ2) is 3.19. The van der Waals surface area contributed by atoms with Gasteiger partial charge in [-0.3, -0.25) is 0 Å². The first-order valence-corrected chi connectivity index (χ1v) is 3.33. The Bertz CT molecular complexity index is 372. The molecule has 0 saturated heterocycles. The van der Waals surface area contributed by atoms with Gasteiger partial charge < -0.3 is 10.1 Å². The van der Waals surface area contributed by atoms with Crippen molar-refractivity contribution >= 4 is 18.4 Å². The summed E-state index contributed by atoms with van der Waals surface area (Å²) in [5, 5.41) is 18.7. The highest BCUT2D eigenvalue weighted by Gasteiger charge is 2.10. The van der Waals surface area contributed by atoms with Crippen LogP contribution in [0.1, 0.15) is 5.56 Å². The van der Waals surface area contributed by atoms with E-state index in [4.69, 9.17) is 5.26 Å². The van der Waals surface area contributed by atoms with E-state index in [1.165, 1.54) is 6.20 Å². The molecule has 0 saturated carbocycles. The average Bonchev–Trinajstić information content (AvgIpc) is 2.05. The monoisotopic (exact) mass is 181 g/mol. The Morgan fingerprint density at radius 1 is 1.75 bits per heavy atom. The maximum absolute atomic E-state index is 10.2. The molecule has 0 spiro atoms. The van der Waals surface area contributed by atoms with Gasteiger partial charge in [-0.05, 0) is 9.91 Å².